The Morgan fingerprint density at radius 2 is 1.50 bits per heavy atom. The van der Waals surface area contributed by atoms with Crippen LogP contribution in [0.25, 0.3) is 0 Å². The summed E-state index contributed by atoms with van der Waals surface area (Å²) in [5.41, 5.74) is 1.72. The lowest BCUT2D eigenvalue weighted by atomic mass is 10.1. The number of hydrogen-bond donors (Lipinski definition) is 0. The van der Waals surface area contributed by atoms with Gasteiger partial charge in [-0.25, -0.2) is 0 Å². The number of amides is 2. The molecular weight excluding hydrogens is 356 g/mol. The molecule has 0 spiro atoms. The molecule has 1 saturated heterocycles. The Bertz CT molecular complexity index is 815. The minimum atomic E-state index is -0.0580. The fourth-order valence-electron chi connectivity index (χ4n) is 3.36. The normalized spacial score (nSPS) is 13.9. The lowest BCUT2D eigenvalue weighted by molar-refractivity contribution is -0.132. The van der Waals surface area contributed by atoms with Crippen LogP contribution in [-0.2, 0) is 11.2 Å². The molecule has 0 unspecified atom stereocenters. The van der Waals surface area contributed by atoms with Gasteiger partial charge in [0.1, 0.15) is 0 Å². The van der Waals surface area contributed by atoms with Gasteiger partial charge in [-0.15, -0.1) is 0 Å². The van der Waals surface area contributed by atoms with E-state index in [1.807, 2.05) is 35.2 Å². The molecular formula is C22H26N2O4. The first kappa shape index (κ1) is 19.7. The van der Waals surface area contributed by atoms with Crippen molar-refractivity contribution in [3.05, 3.63) is 59.7 Å². The third-order valence-electron chi connectivity index (χ3n) is 5.02. The number of benzene rings is 2. The van der Waals surface area contributed by atoms with E-state index in [2.05, 4.69) is 0 Å². The summed E-state index contributed by atoms with van der Waals surface area (Å²) in [6, 6.07) is 15.2. The van der Waals surface area contributed by atoms with Gasteiger partial charge in [-0.05, 0) is 30.2 Å². The van der Waals surface area contributed by atoms with Gasteiger partial charge in [-0.2, -0.15) is 0 Å². The van der Waals surface area contributed by atoms with Gasteiger partial charge >= 0.3 is 0 Å². The van der Waals surface area contributed by atoms with Crippen molar-refractivity contribution in [1.82, 2.24) is 9.80 Å². The summed E-state index contributed by atoms with van der Waals surface area (Å²) in [5, 5.41) is 0. The minimum Gasteiger partial charge on any atom is -0.493 e. The van der Waals surface area contributed by atoms with Gasteiger partial charge < -0.3 is 19.3 Å². The molecule has 6 nitrogen and oxygen atoms in total. The summed E-state index contributed by atoms with van der Waals surface area (Å²) < 4.78 is 10.5. The van der Waals surface area contributed by atoms with Crippen molar-refractivity contribution in [3.63, 3.8) is 0 Å². The van der Waals surface area contributed by atoms with Gasteiger partial charge in [0, 0.05) is 38.2 Å². The lowest BCUT2D eigenvalue weighted by Gasteiger charge is -2.35. The molecule has 2 aromatic carbocycles. The molecule has 6 heteroatoms. The van der Waals surface area contributed by atoms with E-state index in [4.69, 9.17) is 9.47 Å². The quantitative estimate of drug-likeness (QED) is 0.771. The Morgan fingerprint density at radius 1 is 0.857 bits per heavy atom. The van der Waals surface area contributed by atoms with Crippen LogP contribution in [0.2, 0.25) is 0 Å². The predicted molar refractivity (Wildman–Crippen MR) is 107 cm³/mol. The van der Waals surface area contributed by atoms with Crippen molar-refractivity contribution in [2.45, 2.75) is 12.8 Å². The van der Waals surface area contributed by atoms with Gasteiger partial charge in [-0.3, -0.25) is 9.59 Å². The van der Waals surface area contributed by atoms with E-state index in [9.17, 15) is 9.59 Å². The van der Waals surface area contributed by atoms with Crippen molar-refractivity contribution in [1.29, 1.82) is 0 Å². The van der Waals surface area contributed by atoms with E-state index in [0.29, 0.717) is 49.7 Å². The molecule has 0 aromatic heterocycles. The van der Waals surface area contributed by atoms with Crippen LogP contribution in [0.5, 0.6) is 11.5 Å². The van der Waals surface area contributed by atoms with Crippen LogP contribution in [0.1, 0.15) is 22.3 Å². The second kappa shape index (κ2) is 9.26. The van der Waals surface area contributed by atoms with E-state index < -0.39 is 0 Å². The predicted octanol–water partition coefficient (Wildman–Crippen LogP) is 2.62. The molecule has 28 heavy (non-hydrogen) atoms. The number of carbonyl (C=O) groups excluding carboxylic acids is 2. The lowest BCUT2D eigenvalue weighted by Crippen LogP contribution is -2.50. The Balaban J connectivity index is 1.53. The van der Waals surface area contributed by atoms with Crippen LogP contribution >= 0.6 is 0 Å². The number of ether oxygens (including phenoxy) is 2. The number of methoxy groups -OCH3 is 2. The van der Waals surface area contributed by atoms with Crippen LogP contribution in [0.3, 0.4) is 0 Å². The van der Waals surface area contributed by atoms with E-state index >= 15 is 0 Å². The zero-order chi connectivity index (χ0) is 19.9. The third kappa shape index (κ3) is 4.63. The topological polar surface area (TPSA) is 59.1 Å². The fraction of sp³-hybridized carbons (Fsp3) is 0.364. The maximum atomic E-state index is 12.8. The van der Waals surface area contributed by atoms with Gasteiger partial charge in [0.05, 0.1) is 14.2 Å². The van der Waals surface area contributed by atoms with E-state index in [1.54, 1.807) is 37.3 Å². The minimum absolute atomic E-state index is 0.0580. The molecule has 0 bridgehead atoms. The van der Waals surface area contributed by atoms with E-state index in [-0.39, 0.29) is 11.8 Å². The highest BCUT2D eigenvalue weighted by Crippen LogP contribution is 2.28. The maximum Gasteiger partial charge on any atom is 0.254 e. The first-order valence-electron chi connectivity index (χ1n) is 9.45. The standard InChI is InChI=1S/C22H26N2O4/c1-27-19-10-9-18(16-20(19)28-2)22(26)24-14-12-23(13-15-24)21(25)11-8-17-6-4-3-5-7-17/h3-7,9-10,16H,8,11-15H2,1-2H3. The molecule has 0 N–H and O–H groups in total. The van der Waals surface area contributed by atoms with Gasteiger partial charge in [-0.1, -0.05) is 30.3 Å². The van der Waals surface area contributed by atoms with Crippen LogP contribution in [-0.4, -0.2) is 62.0 Å². The first-order valence-corrected chi connectivity index (χ1v) is 9.45. The second-order valence-electron chi connectivity index (χ2n) is 6.73. The van der Waals surface area contributed by atoms with Gasteiger partial charge in [0.25, 0.3) is 5.91 Å². The van der Waals surface area contributed by atoms with Crippen LogP contribution in [0.15, 0.2) is 48.5 Å². The fourth-order valence-corrected chi connectivity index (χ4v) is 3.36. The summed E-state index contributed by atoms with van der Waals surface area (Å²) in [7, 11) is 3.11. The number of piperazine rings is 1. The zero-order valence-corrected chi connectivity index (χ0v) is 16.4. The SMILES string of the molecule is COc1ccc(C(=O)N2CCN(C(=O)CCc3ccccc3)CC2)cc1OC. The summed E-state index contributed by atoms with van der Waals surface area (Å²) in [5.74, 6) is 1.20. The second-order valence-corrected chi connectivity index (χ2v) is 6.73. The van der Waals surface area contributed by atoms with Gasteiger partial charge in [0.2, 0.25) is 5.91 Å². The average Bonchev–Trinajstić information content (AvgIpc) is 2.77. The molecule has 1 aliphatic rings. The Morgan fingerprint density at radius 3 is 2.14 bits per heavy atom. The first-order chi connectivity index (χ1) is 13.6. The highest BCUT2D eigenvalue weighted by molar-refractivity contribution is 5.95. The molecule has 0 saturated carbocycles. The van der Waals surface area contributed by atoms with Gasteiger partial charge in [0.15, 0.2) is 11.5 Å². The highest BCUT2D eigenvalue weighted by atomic mass is 16.5. The van der Waals surface area contributed by atoms with Crippen molar-refractivity contribution in [3.8, 4) is 11.5 Å². The third-order valence-corrected chi connectivity index (χ3v) is 5.02. The van der Waals surface area contributed by atoms with Crippen LogP contribution < -0.4 is 9.47 Å². The van der Waals surface area contributed by atoms with E-state index in [1.165, 1.54) is 0 Å². The molecule has 1 fully saturated rings. The van der Waals surface area contributed by atoms with Crippen LogP contribution in [0.4, 0.5) is 0 Å². The number of carbonyl (C=O) groups is 2. The molecule has 1 heterocycles. The van der Waals surface area contributed by atoms with Crippen molar-refractivity contribution < 1.29 is 19.1 Å². The van der Waals surface area contributed by atoms with Crippen molar-refractivity contribution in [2.75, 3.05) is 40.4 Å². The number of aryl methyl sites for hydroxylation is 1. The molecule has 1 aliphatic heterocycles. The Labute approximate surface area is 165 Å². The summed E-state index contributed by atoms with van der Waals surface area (Å²) >= 11 is 0. The zero-order valence-electron chi connectivity index (χ0n) is 16.4. The summed E-state index contributed by atoms with van der Waals surface area (Å²) in [6.07, 6.45) is 1.23. The average molecular weight is 382 g/mol. The van der Waals surface area contributed by atoms with E-state index in [0.717, 1.165) is 12.0 Å². The summed E-state index contributed by atoms with van der Waals surface area (Å²) in [4.78, 5) is 28.9. The maximum absolute atomic E-state index is 12.8. The molecule has 2 aromatic rings. The Kier molecular flexibility index (Phi) is 6.53. The molecule has 148 valence electrons. The largest absolute Gasteiger partial charge is 0.493 e. The Hall–Kier alpha value is -3.02. The van der Waals surface area contributed by atoms with Crippen molar-refractivity contribution >= 4 is 11.8 Å². The molecule has 2 amide bonds. The number of rotatable bonds is 6. The summed E-state index contributed by atoms with van der Waals surface area (Å²) in [6.45, 7) is 2.19. The molecule has 0 atom stereocenters. The highest BCUT2D eigenvalue weighted by Gasteiger charge is 2.25. The van der Waals surface area contributed by atoms with Crippen molar-refractivity contribution in [2.24, 2.45) is 0 Å². The number of nitrogens with zero attached hydrogens (tertiary/aromatic N) is 2. The monoisotopic (exact) mass is 382 g/mol. The van der Waals surface area contributed by atoms with Crippen LogP contribution in [0, 0.1) is 0 Å². The molecule has 0 aliphatic carbocycles. The number of hydrogen-bond acceptors (Lipinski definition) is 4. The smallest absolute Gasteiger partial charge is 0.254 e. The molecule has 0 radical (unpaired) electrons. The molecule has 3 rings (SSSR count).